The molecule has 1 aliphatic heterocycles. The minimum atomic E-state index is -3.51. The van der Waals surface area contributed by atoms with Gasteiger partial charge in [0.15, 0.2) is 14.9 Å². The fourth-order valence-electron chi connectivity index (χ4n) is 5.66. The molecule has 3 heterocycles. The number of benzene rings is 3. The van der Waals surface area contributed by atoms with E-state index in [1.807, 2.05) is 36.2 Å². The Bertz CT molecular complexity index is 2080. The number of anilines is 2. The smallest absolute Gasteiger partial charge is 0.196 e. The lowest BCUT2D eigenvalue weighted by Gasteiger charge is -2.32. The van der Waals surface area contributed by atoms with Crippen LogP contribution in [0.15, 0.2) is 103 Å². The average Bonchev–Trinajstić information content (AvgIpc) is 3.59. The third-order valence-corrected chi connectivity index (χ3v) is 10.3. The Kier molecular flexibility index (Phi) is 10.3. The molecule has 0 aliphatic carbocycles. The molecule has 3 aromatic carbocycles. The molecule has 0 fully saturated rings. The number of pyridine rings is 1. The first-order valence-electron chi connectivity index (χ1n) is 15.6. The van der Waals surface area contributed by atoms with Crippen LogP contribution in [0.1, 0.15) is 24.0 Å². The number of sulfone groups is 1. The first-order chi connectivity index (χ1) is 23.7. The van der Waals surface area contributed by atoms with Crippen LogP contribution in [0, 0.1) is 5.82 Å². The normalized spacial score (nSPS) is 15.8. The summed E-state index contributed by atoms with van der Waals surface area (Å²) >= 11 is 6.57. The third-order valence-electron chi connectivity index (χ3n) is 8.36. The Hall–Kier alpha value is -4.78. The molecular weight excluding hydrogens is 669 g/mol. The summed E-state index contributed by atoms with van der Waals surface area (Å²) in [6.45, 7) is 1.06. The maximum atomic E-state index is 13.6. The zero-order valence-corrected chi connectivity index (χ0v) is 28.5. The SMILES string of the molecule is COc1cc2ncnc(Nc3ccc(OCc4cccc(F)c4)c(Cl)c3)c2cc1C1(CCN(C)CCS(=O)(=O)c2ccccn2)CC=CO1. The second kappa shape index (κ2) is 14.8. The van der Waals surface area contributed by atoms with Crippen LogP contribution in [0.3, 0.4) is 0 Å². The molecule has 0 amide bonds. The van der Waals surface area contributed by atoms with Crippen molar-refractivity contribution >= 4 is 43.8 Å². The molecule has 1 aliphatic rings. The Balaban J connectivity index is 1.20. The molecule has 49 heavy (non-hydrogen) atoms. The number of hydrogen-bond acceptors (Lipinski definition) is 10. The maximum absolute atomic E-state index is 13.6. The van der Waals surface area contributed by atoms with E-state index in [1.165, 1.54) is 30.7 Å². The summed E-state index contributed by atoms with van der Waals surface area (Å²) in [4.78, 5) is 15.0. The summed E-state index contributed by atoms with van der Waals surface area (Å²) < 4.78 is 57.1. The molecule has 1 N–H and O–H groups in total. The Labute approximate surface area is 289 Å². The number of nitrogens with zero attached hydrogens (tertiary/aromatic N) is 4. The molecule has 1 atom stereocenters. The van der Waals surface area contributed by atoms with E-state index in [2.05, 4.69) is 20.3 Å². The Morgan fingerprint density at radius 2 is 1.90 bits per heavy atom. The summed E-state index contributed by atoms with van der Waals surface area (Å²) in [6, 6.07) is 20.2. The van der Waals surface area contributed by atoms with Crippen LogP contribution in [0.2, 0.25) is 5.02 Å². The molecule has 6 rings (SSSR count). The van der Waals surface area contributed by atoms with Crippen LogP contribution in [-0.2, 0) is 26.8 Å². The molecule has 1 unspecified atom stereocenters. The van der Waals surface area contributed by atoms with E-state index in [-0.39, 0.29) is 23.2 Å². The molecule has 0 spiro atoms. The van der Waals surface area contributed by atoms with Gasteiger partial charge in [-0.15, -0.1) is 0 Å². The zero-order valence-electron chi connectivity index (χ0n) is 27.0. The van der Waals surface area contributed by atoms with Crippen LogP contribution in [-0.4, -0.2) is 61.3 Å². The Morgan fingerprint density at radius 3 is 2.63 bits per heavy atom. The largest absolute Gasteiger partial charge is 0.496 e. The van der Waals surface area contributed by atoms with Crippen molar-refractivity contribution in [3.63, 3.8) is 0 Å². The second-order valence-electron chi connectivity index (χ2n) is 11.7. The topological polar surface area (TPSA) is 116 Å². The van der Waals surface area contributed by atoms with E-state index in [1.54, 1.807) is 49.8 Å². The molecule has 0 saturated carbocycles. The lowest BCUT2D eigenvalue weighted by molar-refractivity contribution is 0.0228. The first-order valence-corrected chi connectivity index (χ1v) is 17.6. The van der Waals surface area contributed by atoms with Crippen LogP contribution in [0.25, 0.3) is 10.9 Å². The molecule has 0 saturated heterocycles. The van der Waals surface area contributed by atoms with Gasteiger partial charge in [-0.3, -0.25) is 0 Å². The van der Waals surface area contributed by atoms with Crippen LogP contribution >= 0.6 is 11.6 Å². The van der Waals surface area contributed by atoms with Gasteiger partial charge in [-0.1, -0.05) is 29.8 Å². The number of ether oxygens (including phenoxy) is 3. The molecular formula is C36H35ClFN5O5S. The number of rotatable bonds is 14. The Morgan fingerprint density at radius 1 is 1.02 bits per heavy atom. The van der Waals surface area contributed by atoms with Crippen molar-refractivity contribution in [3.05, 3.63) is 120 Å². The molecule has 0 bridgehead atoms. The molecule has 13 heteroatoms. The molecule has 5 aromatic rings. The van der Waals surface area contributed by atoms with Crippen molar-refractivity contribution in [1.82, 2.24) is 19.9 Å². The number of aromatic nitrogens is 3. The summed E-state index contributed by atoms with van der Waals surface area (Å²) in [5.41, 5.74) is 2.09. The zero-order chi connectivity index (χ0) is 34.4. The molecule has 2 aromatic heterocycles. The van der Waals surface area contributed by atoms with Crippen molar-refractivity contribution in [2.45, 2.75) is 30.1 Å². The number of fused-ring (bicyclic) bond motifs is 1. The van der Waals surface area contributed by atoms with Crippen molar-refractivity contribution < 1.29 is 27.0 Å². The average molecular weight is 704 g/mol. The summed E-state index contributed by atoms with van der Waals surface area (Å²) in [7, 11) is -0.0158. The van der Waals surface area contributed by atoms with Crippen LogP contribution in [0.5, 0.6) is 11.5 Å². The molecule has 0 radical (unpaired) electrons. The van der Waals surface area contributed by atoms with E-state index in [0.717, 1.165) is 10.9 Å². The standard InChI is InChI=1S/C36H35ClFN5O5S/c1-43(16-18-49(44,45)34-9-3-4-14-39-34)15-13-36(12-6-17-48-36)29-21-28-31(22-33(29)46-2)40-24-41-35(28)42-27-10-11-32(30(37)20-27)47-23-25-7-5-8-26(38)19-25/h3-11,14,17,19-22,24H,12-13,15-16,18,23H2,1-2H3,(H,40,41,42). The highest BCUT2D eigenvalue weighted by atomic mass is 35.5. The predicted molar refractivity (Wildman–Crippen MR) is 186 cm³/mol. The highest BCUT2D eigenvalue weighted by Gasteiger charge is 2.38. The van der Waals surface area contributed by atoms with Gasteiger partial charge in [0.1, 0.15) is 41.7 Å². The van der Waals surface area contributed by atoms with Gasteiger partial charge in [0.25, 0.3) is 0 Å². The fraction of sp³-hybridized carbons (Fsp3) is 0.250. The number of halogens is 2. The lowest BCUT2D eigenvalue weighted by Crippen LogP contribution is -2.34. The van der Waals surface area contributed by atoms with Gasteiger partial charge in [-0.05, 0) is 67.2 Å². The lowest BCUT2D eigenvalue weighted by atomic mass is 9.86. The number of methoxy groups -OCH3 is 1. The monoisotopic (exact) mass is 703 g/mol. The van der Waals surface area contributed by atoms with Gasteiger partial charge in [0.05, 0.1) is 29.7 Å². The maximum Gasteiger partial charge on any atom is 0.196 e. The van der Waals surface area contributed by atoms with E-state index in [4.69, 9.17) is 25.8 Å². The minimum absolute atomic E-state index is 0.0532. The van der Waals surface area contributed by atoms with E-state index >= 15 is 0 Å². The van der Waals surface area contributed by atoms with E-state index in [0.29, 0.717) is 65.0 Å². The van der Waals surface area contributed by atoms with Crippen molar-refractivity contribution in [2.24, 2.45) is 0 Å². The minimum Gasteiger partial charge on any atom is -0.496 e. The highest BCUT2D eigenvalue weighted by Crippen LogP contribution is 2.45. The van der Waals surface area contributed by atoms with Gasteiger partial charge in [-0.2, -0.15) is 0 Å². The third kappa shape index (κ3) is 7.93. The van der Waals surface area contributed by atoms with Crippen molar-refractivity contribution in [3.8, 4) is 11.5 Å². The first kappa shape index (κ1) is 34.1. The van der Waals surface area contributed by atoms with Crippen LogP contribution < -0.4 is 14.8 Å². The predicted octanol–water partition coefficient (Wildman–Crippen LogP) is 7.07. The number of nitrogens with one attached hydrogen (secondary N) is 1. The summed E-state index contributed by atoms with van der Waals surface area (Å²) in [5, 5.41) is 4.54. The van der Waals surface area contributed by atoms with Gasteiger partial charge < -0.3 is 24.4 Å². The van der Waals surface area contributed by atoms with Gasteiger partial charge >= 0.3 is 0 Å². The van der Waals surface area contributed by atoms with Crippen molar-refractivity contribution in [2.75, 3.05) is 38.3 Å². The van der Waals surface area contributed by atoms with Crippen LogP contribution in [0.4, 0.5) is 15.9 Å². The van der Waals surface area contributed by atoms with Gasteiger partial charge in [0.2, 0.25) is 0 Å². The van der Waals surface area contributed by atoms with Crippen molar-refractivity contribution in [1.29, 1.82) is 0 Å². The number of hydrogen-bond donors (Lipinski definition) is 1. The highest BCUT2D eigenvalue weighted by molar-refractivity contribution is 7.91. The molecule has 10 nitrogen and oxygen atoms in total. The van der Waals surface area contributed by atoms with E-state index in [9.17, 15) is 12.8 Å². The fourth-order valence-corrected chi connectivity index (χ4v) is 7.16. The quantitative estimate of drug-likeness (QED) is 0.129. The van der Waals surface area contributed by atoms with E-state index < -0.39 is 15.4 Å². The summed E-state index contributed by atoms with van der Waals surface area (Å²) in [6.07, 6.45) is 7.76. The second-order valence-corrected chi connectivity index (χ2v) is 14.2. The van der Waals surface area contributed by atoms with Gasteiger partial charge in [0, 0.05) is 54.8 Å². The summed E-state index contributed by atoms with van der Waals surface area (Å²) in [5.74, 6) is 1.25. The van der Waals surface area contributed by atoms with Gasteiger partial charge in [-0.25, -0.2) is 27.8 Å². The molecule has 254 valence electrons.